The molecule has 0 aromatic rings. The lowest BCUT2D eigenvalue weighted by Crippen LogP contribution is -2.54. The summed E-state index contributed by atoms with van der Waals surface area (Å²) in [6, 6.07) is -0.0455. The van der Waals surface area contributed by atoms with Crippen molar-refractivity contribution in [1.29, 1.82) is 0 Å². The minimum atomic E-state index is -4.14. The van der Waals surface area contributed by atoms with Crippen molar-refractivity contribution in [2.45, 2.75) is 78.2 Å². The first-order valence-electron chi connectivity index (χ1n) is 7.32. The molecule has 0 amide bonds. The average Bonchev–Trinajstić information content (AvgIpc) is 2.27. The zero-order chi connectivity index (χ0) is 15.1. The molecule has 0 spiro atoms. The largest absolute Gasteiger partial charge is 0.401 e. The fourth-order valence-electron chi connectivity index (χ4n) is 2.64. The SMILES string of the molecule is CCCC(NCC)C(CC)N(CC(F)(F)F)C(C)C. The van der Waals surface area contributed by atoms with Crippen molar-refractivity contribution in [3.05, 3.63) is 0 Å². The highest BCUT2D eigenvalue weighted by Gasteiger charge is 2.36. The summed E-state index contributed by atoms with van der Waals surface area (Å²) in [4.78, 5) is 1.59. The van der Waals surface area contributed by atoms with Crippen LogP contribution in [0, 0.1) is 0 Å². The highest BCUT2D eigenvalue weighted by Crippen LogP contribution is 2.23. The summed E-state index contributed by atoms with van der Waals surface area (Å²) in [7, 11) is 0. The third kappa shape index (κ3) is 7.16. The van der Waals surface area contributed by atoms with E-state index in [-0.39, 0.29) is 18.1 Å². The lowest BCUT2D eigenvalue weighted by Gasteiger charge is -2.40. The van der Waals surface area contributed by atoms with Crippen molar-refractivity contribution >= 4 is 0 Å². The molecule has 0 aliphatic heterocycles. The lowest BCUT2D eigenvalue weighted by atomic mass is 9.97. The Kier molecular flexibility index (Phi) is 8.66. The van der Waals surface area contributed by atoms with Gasteiger partial charge in [0.05, 0.1) is 6.54 Å². The van der Waals surface area contributed by atoms with Crippen LogP contribution in [0.3, 0.4) is 0 Å². The van der Waals surface area contributed by atoms with E-state index in [1.54, 1.807) is 4.90 Å². The number of likely N-dealkylation sites (N-methyl/N-ethyl adjacent to an activating group) is 1. The van der Waals surface area contributed by atoms with Gasteiger partial charge in [-0.15, -0.1) is 0 Å². The Bertz CT molecular complexity index is 223. The Morgan fingerprint density at radius 2 is 1.68 bits per heavy atom. The molecular formula is C14H29F3N2. The molecular weight excluding hydrogens is 253 g/mol. The van der Waals surface area contributed by atoms with Gasteiger partial charge in [-0.2, -0.15) is 13.2 Å². The molecule has 19 heavy (non-hydrogen) atoms. The van der Waals surface area contributed by atoms with E-state index >= 15 is 0 Å². The summed E-state index contributed by atoms with van der Waals surface area (Å²) in [5, 5.41) is 3.35. The van der Waals surface area contributed by atoms with Crippen LogP contribution in [0.25, 0.3) is 0 Å². The molecule has 2 unspecified atom stereocenters. The van der Waals surface area contributed by atoms with Crippen molar-refractivity contribution < 1.29 is 13.2 Å². The molecule has 0 aromatic carbocycles. The van der Waals surface area contributed by atoms with E-state index in [4.69, 9.17) is 0 Å². The molecule has 116 valence electrons. The number of hydrogen-bond donors (Lipinski definition) is 1. The number of rotatable bonds is 9. The molecule has 1 N–H and O–H groups in total. The van der Waals surface area contributed by atoms with Crippen LogP contribution in [0.2, 0.25) is 0 Å². The zero-order valence-corrected chi connectivity index (χ0v) is 12.8. The van der Waals surface area contributed by atoms with E-state index in [9.17, 15) is 13.2 Å². The van der Waals surface area contributed by atoms with Crippen LogP contribution in [-0.2, 0) is 0 Å². The molecule has 0 fully saturated rings. The topological polar surface area (TPSA) is 15.3 Å². The quantitative estimate of drug-likeness (QED) is 0.691. The van der Waals surface area contributed by atoms with E-state index in [0.29, 0.717) is 0 Å². The summed E-state index contributed by atoms with van der Waals surface area (Å²) in [5.41, 5.74) is 0. The Morgan fingerprint density at radius 3 is 2.00 bits per heavy atom. The lowest BCUT2D eigenvalue weighted by molar-refractivity contribution is -0.157. The van der Waals surface area contributed by atoms with Gasteiger partial charge in [0.2, 0.25) is 0 Å². The molecule has 2 atom stereocenters. The minimum Gasteiger partial charge on any atom is -0.313 e. The number of nitrogens with one attached hydrogen (secondary N) is 1. The summed E-state index contributed by atoms with van der Waals surface area (Å²) in [6.07, 6.45) is -1.52. The standard InChI is InChI=1S/C14H29F3N2/c1-6-9-12(18-8-3)13(7-2)19(11(4)5)10-14(15,16)17/h11-13,18H,6-10H2,1-5H3. The monoisotopic (exact) mass is 282 g/mol. The Balaban J connectivity index is 4.98. The fourth-order valence-corrected chi connectivity index (χ4v) is 2.64. The predicted octanol–water partition coefficient (Wildman–Crippen LogP) is 3.82. The van der Waals surface area contributed by atoms with Crippen molar-refractivity contribution in [3.8, 4) is 0 Å². The predicted molar refractivity (Wildman–Crippen MR) is 74.3 cm³/mol. The van der Waals surface area contributed by atoms with Crippen LogP contribution >= 0.6 is 0 Å². The van der Waals surface area contributed by atoms with Crippen molar-refractivity contribution in [2.24, 2.45) is 0 Å². The van der Waals surface area contributed by atoms with Gasteiger partial charge in [0.1, 0.15) is 0 Å². The van der Waals surface area contributed by atoms with Crippen LogP contribution < -0.4 is 5.32 Å². The third-order valence-corrected chi connectivity index (χ3v) is 3.40. The molecule has 0 heterocycles. The van der Waals surface area contributed by atoms with Gasteiger partial charge in [-0.05, 0) is 33.2 Å². The van der Waals surface area contributed by atoms with Crippen molar-refractivity contribution in [2.75, 3.05) is 13.1 Å². The summed E-state index contributed by atoms with van der Waals surface area (Å²) >= 11 is 0. The summed E-state index contributed by atoms with van der Waals surface area (Å²) < 4.78 is 38.2. The van der Waals surface area contributed by atoms with Gasteiger partial charge in [-0.3, -0.25) is 4.90 Å². The van der Waals surface area contributed by atoms with Gasteiger partial charge >= 0.3 is 6.18 Å². The minimum absolute atomic E-state index is 0.0680. The first-order valence-corrected chi connectivity index (χ1v) is 7.32. The van der Waals surface area contributed by atoms with E-state index in [1.165, 1.54) is 0 Å². The molecule has 0 saturated heterocycles. The number of hydrogen-bond acceptors (Lipinski definition) is 2. The molecule has 2 nitrogen and oxygen atoms in total. The Morgan fingerprint density at radius 1 is 1.11 bits per heavy atom. The van der Waals surface area contributed by atoms with Crippen LogP contribution in [0.1, 0.15) is 53.9 Å². The maximum Gasteiger partial charge on any atom is 0.401 e. The van der Waals surface area contributed by atoms with Crippen LogP contribution in [0.4, 0.5) is 13.2 Å². The third-order valence-electron chi connectivity index (χ3n) is 3.40. The Hall–Kier alpha value is -0.290. The second-order valence-electron chi connectivity index (χ2n) is 5.31. The molecule has 0 aliphatic carbocycles. The highest BCUT2D eigenvalue weighted by molar-refractivity contribution is 4.86. The summed E-state index contributed by atoms with van der Waals surface area (Å²) in [6.45, 7) is 9.68. The first-order chi connectivity index (χ1) is 8.76. The van der Waals surface area contributed by atoms with Gasteiger partial charge in [-0.1, -0.05) is 27.2 Å². The van der Waals surface area contributed by atoms with Gasteiger partial charge in [-0.25, -0.2) is 0 Å². The summed E-state index contributed by atoms with van der Waals surface area (Å²) in [5.74, 6) is 0. The van der Waals surface area contributed by atoms with Crippen molar-refractivity contribution in [1.82, 2.24) is 10.2 Å². The second-order valence-corrected chi connectivity index (χ2v) is 5.31. The van der Waals surface area contributed by atoms with Crippen molar-refractivity contribution in [3.63, 3.8) is 0 Å². The molecule has 0 aromatic heterocycles. The van der Waals surface area contributed by atoms with E-state index in [0.717, 1.165) is 25.8 Å². The van der Waals surface area contributed by atoms with Gasteiger partial charge in [0, 0.05) is 18.1 Å². The van der Waals surface area contributed by atoms with Crippen LogP contribution in [0.15, 0.2) is 0 Å². The zero-order valence-electron chi connectivity index (χ0n) is 12.8. The van der Waals surface area contributed by atoms with Crippen LogP contribution in [0.5, 0.6) is 0 Å². The smallest absolute Gasteiger partial charge is 0.313 e. The second kappa shape index (κ2) is 8.80. The van der Waals surface area contributed by atoms with E-state index in [1.807, 2.05) is 27.7 Å². The van der Waals surface area contributed by atoms with E-state index in [2.05, 4.69) is 12.2 Å². The highest BCUT2D eigenvalue weighted by atomic mass is 19.4. The average molecular weight is 282 g/mol. The maximum absolute atomic E-state index is 12.7. The van der Waals surface area contributed by atoms with Crippen LogP contribution in [-0.4, -0.2) is 42.3 Å². The normalized spacial score (nSPS) is 16.1. The number of nitrogens with zero attached hydrogens (tertiary/aromatic N) is 1. The fraction of sp³-hybridized carbons (Fsp3) is 1.00. The molecule has 0 radical (unpaired) electrons. The Labute approximate surface area is 115 Å². The molecule has 0 saturated carbocycles. The molecule has 0 rings (SSSR count). The number of halogens is 3. The molecule has 5 heteroatoms. The number of alkyl halides is 3. The van der Waals surface area contributed by atoms with Gasteiger partial charge < -0.3 is 5.32 Å². The van der Waals surface area contributed by atoms with Gasteiger partial charge in [0.15, 0.2) is 0 Å². The molecule has 0 aliphatic rings. The van der Waals surface area contributed by atoms with Gasteiger partial charge in [0.25, 0.3) is 0 Å². The van der Waals surface area contributed by atoms with E-state index < -0.39 is 12.7 Å². The first kappa shape index (κ1) is 18.7. The maximum atomic E-state index is 12.7. The molecule has 0 bridgehead atoms.